The van der Waals surface area contributed by atoms with E-state index >= 15 is 0 Å². The first-order valence-corrected chi connectivity index (χ1v) is 5.51. The Labute approximate surface area is 104 Å². The number of nitrogens with zero attached hydrogens (tertiary/aromatic N) is 1. The van der Waals surface area contributed by atoms with Crippen molar-refractivity contribution in [1.29, 1.82) is 0 Å². The van der Waals surface area contributed by atoms with Crippen LogP contribution in [-0.2, 0) is 0 Å². The molecule has 0 saturated carbocycles. The third-order valence-electron chi connectivity index (χ3n) is 2.76. The third kappa shape index (κ3) is 2.45. The summed E-state index contributed by atoms with van der Waals surface area (Å²) in [6.45, 7) is 3.91. The molecule has 0 aliphatic carbocycles. The van der Waals surface area contributed by atoms with Gasteiger partial charge in [-0.05, 0) is 37.1 Å². The van der Waals surface area contributed by atoms with Gasteiger partial charge in [0.1, 0.15) is 5.69 Å². The maximum atomic E-state index is 11.9. The summed E-state index contributed by atoms with van der Waals surface area (Å²) >= 11 is 0. The van der Waals surface area contributed by atoms with Crippen LogP contribution in [0.4, 0.5) is 5.69 Å². The lowest BCUT2D eigenvalue weighted by Gasteiger charge is -2.09. The molecule has 0 bridgehead atoms. The van der Waals surface area contributed by atoms with E-state index in [1.807, 2.05) is 32.0 Å². The van der Waals surface area contributed by atoms with Gasteiger partial charge in [-0.2, -0.15) is 5.10 Å². The normalized spacial score (nSPS) is 10.1. The smallest absolute Gasteiger partial charge is 0.276 e. The van der Waals surface area contributed by atoms with Crippen molar-refractivity contribution >= 4 is 11.6 Å². The van der Waals surface area contributed by atoms with Crippen LogP contribution in [-0.4, -0.2) is 16.1 Å². The van der Waals surface area contributed by atoms with E-state index in [1.54, 1.807) is 0 Å². The summed E-state index contributed by atoms with van der Waals surface area (Å²) in [6.07, 6.45) is 0. The average molecular weight is 243 g/mol. The number of carbonyl (C=O) groups is 1. The molecule has 1 heterocycles. The van der Waals surface area contributed by atoms with Crippen LogP contribution in [0, 0.1) is 13.8 Å². The number of aromatic amines is 1. The number of hydrogen-bond donors (Lipinski definition) is 2. The molecular weight excluding hydrogens is 230 g/mol. The largest absolute Gasteiger partial charge is 0.320 e. The second-order valence-electron chi connectivity index (χ2n) is 4.01. The molecule has 1 aromatic carbocycles. The van der Waals surface area contributed by atoms with Crippen LogP contribution >= 0.6 is 0 Å². The molecular formula is C13H13N3O2. The third-order valence-corrected chi connectivity index (χ3v) is 2.76. The Balaban J connectivity index is 2.24. The zero-order valence-corrected chi connectivity index (χ0v) is 10.2. The van der Waals surface area contributed by atoms with Gasteiger partial charge in [-0.25, -0.2) is 5.10 Å². The van der Waals surface area contributed by atoms with E-state index in [0.29, 0.717) is 0 Å². The van der Waals surface area contributed by atoms with Crippen LogP contribution < -0.4 is 10.9 Å². The highest BCUT2D eigenvalue weighted by atomic mass is 16.2. The van der Waals surface area contributed by atoms with E-state index in [0.717, 1.165) is 16.8 Å². The van der Waals surface area contributed by atoms with E-state index in [2.05, 4.69) is 15.5 Å². The monoisotopic (exact) mass is 243 g/mol. The minimum absolute atomic E-state index is 0.176. The summed E-state index contributed by atoms with van der Waals surface area (Å²) in [5.41, 5.74) is 2.69. The van der Waals surface area contributed by atoms with Gasteiger partial charge in [-0.1, -0.05) is 12.1 Å². The van der Waals surface area contributed by atoms with Crippen molar-refractivity contribution in [2.45, 2.75) is 13.8 Å². The summed E-state index contributed by atoms with van der Waals surface area (Å²) in [4.78, 5) is 22.7. The number of rotatable bonds is 2. The number of nitrogens with one attached hydrogen (secondary N) is 2. The molecule has 18 heavy (non-hydrogen) atoms. The predicted molar refractivity (Wildman–Crippen MR) is 68.7 cm³/mol. The molecule has 0 aliphatic rings. The number of anilines is 1. The maximum absolute atomic E-state index is 11.9. The fourth-order valence-corrected chi connectivity index (χ4v) is 1.54. The highest BCUT2D eigenvalue weighted by molar-refractivity contribution is 6.03. The zero-order valence-electron chi connectivity index (χ0n) is 10.2. The molecule has 0 radical (unpaired) electrons. The van der Waals surface area contributed by atoms with Gasteiger partial charge in [0.15, 0.2) is 0 Å². The standard InChI is InChI=1S/C13H13N3O2/c1-8-4-3-5-10(9(8)2)14-13(18)11-6-7-12(17)16-15-11/h3-7H,1-2H3,(H,14,18)(H,16,17). The van der Waals surface area contributed by atoms with Crippen molar-refractivity contribution in [2.24, 2.45) is 0 Å². The molecule has 2 rings (SSSR count). The molecule has 0 unspecified atom stereocenters. The van der Waals surface area contributed by atoms with Crippen LogP contribution in [0.1, 0.15) is 21.6 Å². The van der Waals surface area contributed by atoms with Crippen molar-refractivity contribution in [3.8, 4) is 0 Å². The first kappa shape index (κ1) is 12.0. The highest BCUT2D eigenvalue weighted by Crippen LogP contribution is 2.18. The molecule has 0 saturated heterocycles. The molecule has 2 aromatic rings. The SMILES string of the molecule is Cc1cccc(NC(=O)c2ccc(=O)[nH]n2)c1C. The Bertz CT molecular complexity index is 626. The van der Waals surface area contributed by atoms with Gasteiger partial charge < -0.3 is 5.32 Å². The Kier molecular flexibility index (Phi) is 3.23. The lowest BCUT2D eigenvalue weighted by Crippen LogP contribution is -2.18. The first-order valence-electron chi connectivity index (χ1n) is 5.51. The van der Waals surface area contributed by atoms with Crippen LogP contribution in [0.5, 0.6) is 0 Å². The number of benzene rings is 1. The molecule has 1 aromatic heterocycles. The fraction of sp³-hybridized carbons (Fsp3) is 0.154. The Morgan fingerprint density at radius 1 is 1.22 bits per heavy atom. The van der Waals surface area contributed by atoms with E-state index in [9.17, 15) is 9.59 Å². The number of aromatic nitrogens is 2. The number of aryl methyl sites for hydroxylation is 1. The molecule has 0 atom stereocenters. The van der Waals surface area contributed by atoms with Gasteiger partial charge in [0.05, 0.1) is 0 Å². The lowest BCUT2D eigenvalue weighted by atomic mass is 10.1. The summed E-state index contributed by atoms with van der Waals surface area (Å²) < 4.78 is 0. The second kappa shape index (κ2) is 4.83. The molecule has 5 heteroatoms. The Hall–Kier alpha value is -2.43. The van der Waals surface area contributed by atoms with E-state index in [4.69, 9.17) is 0 Å². The zero-order chi connectivity index (χ0) is 13.1. The molecule has 0 fully saturated rings. The highest BCUT2D eigenvalue weighted by Gasteiger charge is 2.09. The van der Waals surface area contributed by atoms with Crippen LogP contribution in [0.3, 0.4) is 0 Å². The topological polar surface area (TPSA) is 74.8 Å². The molecule has 0 spiro atoms. The molecule has 92 valence electrons. The van der Waals surface area contributed by atoms with Crippen molar-refractivity contribution in [3.05, 3.63) is 57.5 Å². The van der Waals surface area contributed by atoms with Crippen molar-refractivity contribution < 1.29 is 4.79 Å². The first-order chi connectivity index (χ1) is 8.58. The summed E-state index contributed by atoms with van der Waals surface area (Å²) in [6, 6.07) is 8.33. The van der Waals surface area contributed by atoms with Gasteiger partial charge in [0.25, 0.3) is 11.5 Å². The molecule has 2 N–H and O–H groups in total. The van der Waals surface area contributed by atoms with E-state index < -0.39 is 0 Å². The van der Waals surface area contributed by atoms with Gasteiger partial charge in [0, 0.05) is 11.8 Å². The van der Waals surface area contributed by atoms with Gasteiger partial charge in [-0.3, -0.25) is 9.59 Å². The Morgan fingerprint density at radius 3 is 2.67 bits per heavy atom. The number of amides is 1. The number of carbonyl (C=O) groups excluding carboxylic acids is 1. The van der Waals surface area contributed by atoms with E-state index in [-0.39, 0.29) is 17.2 Å². The van der Waals surface area contributed by atoms with Gasteiger partial charge in [0.2, 0.25) is 0 Å². The summed E-state index contributed by atoms with van der Waals surface area (Å²) in [5, 5.41) is 8.67. The van der Waals surface area contributed by atoms with Crippen LogP contribution in [0.15, 0.2) is 35.1 Å². The van der Waals surface area contributed by atoms with Crippen LogP contribution in [0.25, 0.3) is 0 Å². The van der Waals surface area contributed by atoms with E-state index in [1.165, 1.54) is 12.1 Å². The Morgan fingerprint density at radius 2 is 2.00 bits per heavy atom. The van der Waals surface area contributed by atoms with Gasteiger partial charge in [-0.15, -0.1) is 0 Å². The number of H-pyrrole nitrogens is 1. The number of hydrogen-bond acceptors (Lipinski definition) is 3. The average Bonchev–Trinajstić information content (AvgIpc) is 2.36. The minimum Gasteiger partial charge on any atom is -0.320 e. The minimum atomic E-state index is -0.347. The maximum Gasteiger partial charge on any atom is 0.276 e. The lowest BCUT2D eigenvalue weighted by molar-refractivity contribution is 0.102. The quantitative estimate of drug-likeness (QED) is 0.842. The van der Waals surface area contributed by atoms with Crippen molar-refractivity contribution in [3.63, 3.8) is 0 Å². The molecule has 0 aliphatic heterocycles. The van der Waals surface area contributed by atoms with Gasteiger partial charge >= 0.3 is 0 Å². The predicted octanol–water partition coefficient (Wildman–Crippen LogP) is 1.64. The van der Waals surface area contributed by atoms with Crippen LogP contribution in [0.2, 0.25) is 0 Å². The molecule has 5 nitrogen and oxygen atoms in total. The fourth-order valence-electron chi connectivity index (χ4n) is 1.54. The summed E-state index contributed by atoms with van der Waals surface area (Å²) in [7, 11) is 0. The molecule has 1 amide bonds. The van der Waals surface area contributed by atoms with Crippen molar-refractivity contribution in [2.75, 3.05) is 5.32 Å². The second-order valence-corrected chi connectivity index (χ2v) is 4.01. The van der Waals surface area contributed by atoms with Crippen molar-refractivity contribution in [1.82, 2.24) is 10.2 Å². The summed E-state index contributed by atoms with van der Waals surface area (Å²) in [5.74, 6) is -0.347.